The van der Waals surface area contributed by atoms with Crippen molar-refractivity contribution in [3.8, 4) is 0 Å². The molecule has 2 aliphatic heterocycles. The van der Waals surface area contributed by atoms with Crippen LogP contribution in [0.15, 0.2) is 60.7 Å². The average Bonchev–Trinajstić information content (AvgIpc) is 2.88. The lowest BCUT2D eigenvalue weighted by Crippen LogP contribution is -2.38. The Morgan fingerprint density at radius 1 is 0.818 bits per heavy atom. The molecular weight excluding hydrogens is 436 g/mol. The van der Waals surface area contributed by atoms with E-state index in [0.717, 1.165) is 12.1 Å². The summed E-state index contributed by atoms with van der Waals surface area (Å²) < 4.78 is 0. The summed E-state index contributed by atoms with van der Waals surface area (Å²) >= 11 is 5.52. The molecule has 2 unspecified atom stereocenters. The van der Waals surface area contributed by atoms with Crippen LogP contribution in [0.2, 0.25) is 0 Å². The maximum absolute atomic E-state index is 11.4. The number of Topliss-reactive ketones (excluding diaryl/α,β-unsaturated/α-hetero) is 2. The summed E-state index contributed by atoms with van der Waals surface area (Å²) in [6.07, 6.45) is 2.09. The van der Waals surface area contributed by atoms with Gasteiger partial charge in [0, 0.05) is 44.8 Å². The smallest absolute Gasteiger partial charge is 0.316 e. The summed E-state index contributed by atoms with van der Waals surface area (Å²) in [5.41, 5.74) is 2.18. The van der Waals surface area contributed by atoms with Crippen LogP contribution in [0.4, 0.5) is 4.79 Å². The van der Waals surface area contributed by atoms with Gasteiger partial charge in [0.1, 0.15) is 11.6 Å². The van der Waals surface area contributed by atoms with E-state index in [1.807, 2.05) is 76.2 Å². The molecule has 6 heteroatoms. The molecule has 1 amide bonds. The molecule has 2 fully saturated rings. The first kappa shape index (κ1) is 28.5. The number of nitrogens with zero attached hydrogens (tertiary/aromatic N) is 1. The summed E-state index contributed by atoms with van der Waals surface area (Å²) in [4.78, 5) is 35.5. The Hall–Kier alpha value is -2.50. The van der Waals surface area contributed by atoms with Gasteiger partial charge in [-0.25, -0.2) is 0 Å². The van der Waals surface area contributed by atoms with Crippen LogP contribution in [0.3, 0.4) is 0 Å². The minimum atomic E-state index is -0.485. The summed E-state index contributed by atoms with van der Waals surface area (Å²) in [6, 6.07) is 19.7. The fourth-order valence-corrected chi connectivity index (χ4v) is 3.92. The van der Waals surface area contributed by atoms with Gasteiger partial charge in [0.2, 0.25) is 0 Å². The summed E-state index contributed by atoms with van der Waals surface area (Å²) in [5.74, 6) is 0.552. The van der Waals surface area contributed by atoms with Gasteiger partial charge in [-0.3, -0.25) is 14.4 Å². The topological polar surface area (TPSA) is 66.5 Å². The zero-order chi connectivity index (χ0) is 24.6. The molecule has 0 spiro atoms. The standard InChI is InChI=1S/C12H12ClNO2.C11H13NO.2C2H6/c13-12(16)14-7-6-10(15)8-11(14)9-4-2-1-3-5-9;13-10-6-7-12-11(8-10)9-4-2-1-3-5-9;2*1-2/h1-5,11H,6-8H2;1-5,11-12H,6-8H2;2*1-2H3. The first-order chi connectivity index (χ1) is 16.0. The number of likely N-dealkylation sites (tertiary alicyclic amines) is 1. The molecule has 180 valence electrons. The Morgan fingerprint density at radius 3 is 1.85 bits per heavy atom. The molecule has 2 aromatic carbocycles. The molecule has 0 radical (unpaired) electrons. The predicted molar refractivity (Wildman–Crippen MR) is 136 cm³/mol. The Morgan fingerprint density at radius 2 is 1.33 bits per heavy atom. The molecule has 5 nitrogen and oxygen atoms in total. The highest BCUT2D eigenvalue weighted by atomic mass is 35.5. The van der Waals surface area contributed by atoms with Crippen molar-refractivity contribution in [3.63, 3.8) is 0 Å². The predicted octanol–water partition coefficient (Wildman–Crippen LogP) is 6.48. The Kier molecular flexibility index (Phi) is 14.0. The molecule has 2 atom stereocenters. The van der Waals surface area contributed by atoms with Crippen LogP contribution in [-0.4, -0.2) is 34.9 Å². The van der Waals surface area contributed by atoms with Gasteiger partial charge in [0.05, 0.1) is 6.04 Å². The van der Waals surface area contributed by atoms with E-state index >= 15 is 0 Å². The molecule has 0 bridgehead atoms. The third kappa shape index (κ3) is 9.48. The molecule has 2 saturated heterocycles. The normalized spacial score (nSPS) is 19.6. The second-order valence-corrected chi connectivity index (χ2v) is 7.60. The van der Waals surface area contributed by atoms with E-state index in [-0.39, 0.29) is 17.9 Å². The highest BCUT2D eigenvalue weighted by molar-refractivity contribution is 6.62. The Bertz CT molecular complexity index is 843. The van der Waals surface area contributed by atoms with Crippen LogP contribution in [0.1, 0.15) is 76.6 Å². The fraction of sp³-hybridized carbons (Fsp3) is 0.444. The Labute approximate surface area is 203 Å². The number of halogens is 1. The van der Waals surface area contributed by atoms with Crippen molar-refractivity contribution in [1.29, 1.82) is 0 Å². The lowest BCUT2D eigenvalue weighted by molar-refractivity contribution is -0.122. The van der Waals surface area contributed by atoms with E-state index in [1.54, 1.807) is 4.90 Å². The maximum Gasteiger partial charge on any atom is 0.316 e. The Balaban J connectivity index is 0.000000291. The van der Waals surface area contributed by atoms with Gasteiger partial charge >= 0.3 is 5.37 Å². The van der Waals surface area contributed by atoms with Gasteiger partial charge in [-0.05, 0) is 22.7 Å². The van der Waals surface area contributed by atoms with E-state index in [1.165, 1.54) is 5.56 Å². The van der Waals surface area contributed by atoms with Crippen molar-refractivity contribution in [1.82, 2.24) is 10.2 Å². The molecule has 2 heterocycles. The number of benzene rings is 2. The van der Waals surface area contributed by atoms with Crippen molar-refractivity contribution >= 4 is 28.5 Å². The van der Waals surface area contributed by atoms with Crippen LogP contribution in [0.25, 0.3) is 0 Å². The van der Waals surface area contributed by atoms with Crippen molar-refractivity contribution in [2.45, 2.75) is 65.5 Å². The average molecular weight is 473 g/mol. The second-order valence-electron chi connectivity index (χ2n) is 7.28. The number of ketones is 2. The van der Waals surface area contributed by atoms with Crippen LogP contribution in [-0.2, 0) is 9.59 Å². The second kappa shape index (κ2) is 16.2. The van der Waals surface area contributed by atoms with Crippen molar-refractivity contribution < 1.29 is 14.4 Å². The van der Waals surface area contributed by atoms with Crippen LogP contribution >= 0.6 is 11.6 Å². The van der Waals surface area contributed by atoms with Crippen molar-refractivity contribution in [2.75, 3.05) is 13.1 Å². The van der Waals surface area contributed by atoms with E-state index in [2.05, 4.69) is 17.4 Å². The quantitative estimate of drug-likeness (QED) is 0.401. The highest BCUT2D eigenvalue weighted by Crippen LogP contribution is 2.30. The molecule has 1 N–H and O–H groups in total. The molecule has 0 aromatic heterocycles. The van der Waals surface area contributed by atoms with Crippen LogP contribution in [0.5, 0.6) is 0 Å². The summed E-state index contributed by atoms with van der Waals surface area (Å²) in [5, 5.41) is 2.86. The van der Waals surface area contributed by atoms with Gasteiger partial charge in [-0.1, -0.05) is 88.4 Å². The third-order valence-electron chi connectivity index (χ3n) is 5.27. The van der Waals surface area contributed by atoms with Gasteiger partial charge in [-0.15, -0.1) is 0 Å². The van der Waals surface area contributed by atoms with Crippen molar-refractivity contribution in [2.24, 2.45) is 0 Å². The molecule has 2 aromatic rings. The minimum Gasteiger partial charge on any atom is -0.321 e. The first-order valence-corrected chi connectivity index (χ1v) is 12.2. The monoisotopic (exact) mass is 472 g/mol. The lowest BCUT2D eigenvalue weighted by atomic mass is 9.95. The number of rotatable bonds is 2. The summed E-state index contributed by atoms with van der Waals surface area (Å²) in [7, 11) is 0. The van der Waals surface area contributed by atoms with Crippen LogP contribution < -0.4 is 5.32 Å². The van der Waals surface area contributed by atoms with Crippen LogP contribution in [0, 0.1) is 0 Å². The molecule has 2 aliphatic rings. The zero-order valence-corrected chi connectivity index (χ0v) is 21.0. The number of nitrogens with one attached hydrogen (secondary N) is 1. The summed E-state index contributed by atoms with van der Waals surface area (Å²) in [6.45, 7) is 9.24. The van der Waals surface area contributed by atoms with E-state index < -0.39 is 5.37 Å². The lowest BCUT2D eigenvalue weighted by Gasteiger charge is -2.33. The van der Waals surface area contributed by atoms with Crippen molar-refractivity contribution in [3.05, 3.63) is 71.8 Å². The maximum atomic E-state index is 11.4. The highest BCUT2D eigenvalue weighted by Gasteiger charge is 2.30. The first-order valence-electron chi connectivity index (χ1n) is 11.9. The molecule has 4 rings (SSSR count). The van der Waals surface area contributed by atoms with Gasteiger partial charge < -0.3 is 10.2 Å². The van der Waals surface area contributed by atoms with E-state index in [4.69, 9.17) is 11.6 Å². The SMILES string of the molecule is CC.CC.O=C1CCN(C(=O)Cl)C(c2ccccc2)C1.O=C1CCNC(c2ccccc2)C1. The fourth-order valence-electron chi connectivity index (χ4n) is 3.72. The van der Waals surface area contributed by atoms with E-state index in [0.29, 0.717) is 38.0 Å². The van der Waals surface area contributed by atoms with Gasteiger partial charge in [-0.2, -0.15) is 0 Å². The number of hydrogen-bond acceptors (Lipinski definition) is 4. The number of amides is 1. The molecule has 33 heavy (non-hydrogen) atoms. The number of hydrogen-bond donors (Lipinski definition) is 1. The minimum absolute atomic E-state index is 0.183. The third-order valence-corrected chi connectivity index (χ3v) is 5.48. The molecule has 0 aliphatic carbocycles. The number of carbonyl (C=O) groups excluding carboxylic acids is 3. The van der Waals surface area contributed by atoms with E-state index in [9.17, 15) is 14.4 Å². The number of carbonyl (C=O) groups is 3. The molecular formula is C27H37ClN2O3. The molecule has 0 saturated carbocycles. The van der Waals surface area contributed by atoms with Gasteiger partial charge in [0.15, 0.2) is 0 Å². The largest absolute Gasteiger partial charge is 0.321 e. The van der Waals surface area contributed by atoms with Gasteiger partial charge in [0.25, 0.3) is 0 Å². The zero-order valence-electron chi connectivity index (χ0n) is 20.2. The number of piperidine rings is 2.